The Morgan fingerprint density at radius 2 is 1.83 bits per heavy atom. The molecule has 0 amide bonds. The molecule has 24 heavy (non-hydrogen) atoms. The highest BCUT2D eigenvalue weighted by Gasteiger charge is 2.23. The van der Waals surface area contributed by atoms with Crippen molar-refractivity contribution in [3.05, 3.63) is 57.6 Å². The third-order valence-electron chi connectivity index (χ3n) is 4.12. The molecule has 0 aliphatic rings. The van der Waals surface area contributed by atoms with Gasteiger partial charge < -0.3 is 9.84 Å². The Morgan fingerprint density at radius 3 is 2.42 bits per heavy atom. The molecule has 1 N–H and O–H groups in total. The van der Waals surface area contributed by atoms with E-state index in [1.54, 1.807) is 32.9 Å². The van der Waals surface area contributed by atoms with Crippen molar-refractivity contribution < 1.29 is 18.6 Å². The summed E-state index contributed by atoms with van der Waals surface area (Å²) in [5.74, 6) is -1.10. The third kappa shape index (κ3) is 3.48. The van der Waals surface area contributed by atoms with Gasteiger partial charge in [-0.25, -0.2) is 8.78 Å². The number of benzene rings is 2. The molecule has 2 nitrogen and oxygen atoms in total. The number of rotatable bonds is 5. The van der Waals surface area contributed by atoms with Crippen LogP contribution in [0.25, 0.3) is 0 Å². The van der Waals surface area contributed by atoms with Crippen LogP contribution in [-0.2, 0) is 6.42 Å². The van der Waals surface area contributed by atoms with Crippen molar-refractivity contribution in [3.63, 3.8) is 0 Å². The number of halogens is 3. The van der Waals surface area contributed by atoms with E-state index >= 15 is 0 Å². The van der Waals surface area contributed by atoms with Crippen LogP contribution in [0.1, 0.15) is 49.3 Å². The monoisotopic (exact) mass is 354 g/mol. The lowest BCUT2D eigenvalue weighted by molar-refractivity contribution is 0.399. The van der Waals surface area contributed by atoms with Gasteiger partial charge in [-0.2, -0.15) is 0 Å². The van der Waals surface area contributed by atoms with Gasteiger partial charge in [0.25, 0.3) is 0 Å². The summed E-state index contributed by atoms with van der Waals surface area (Å²) in [7, 11) is 1.47. The maximum Gasteiger partial charge on any atom is 0.134 e. The summed E-state index contributed by atoms with van der Waals surface area (Å²) in [4.78, 5) is 0. The van der Waals surface area contributed by atoms with Gasteiger partial charge in [0.1, 0.15) is 23.1 Å². The maximum atomic E-state index is 14.8. The van der Waals surface area contributed by atoms with E-state index in [4.69, 9.17) is 16.3 Å². The molecule has 1 unspecified atom stereocenters. The molecule has 0 bridgehead atoms. The fourth-order valence-electron chi connectivity index (χ4n) is 2.96. The van der Waals surface area contributed by atoms with Crippen molar-refractivity contribution in [2.45, 2.75) is 39.0 Å². The van der Waals surface area contributed by atoms with Gasteiger partial charge in [0.05, 0.1) is 12.1 Å². The molecule has 2 aromatic carbocycles. The van der Waals surface area contributed by atoms with Crippen molar-refractivity contribution in [2.75, 3.05) is 7.11 Å². The first-order valence-corrected chi connectivity index (χ1v) is 8.17. The quantitative estimate of drug-likeness (QED) is 0.735. The summed E-state index contributed by atoms with van der Waals surface area (Å²) in [6, 6.07) is 5.90. The lowest BCUT2D eigenvalue weighted by Crippen LogP contribution is -2.07. The first kappa shape index (κ1) is 18.5. The Bertz CT molecular complexity index is 745. The second-order valence-corrected chi connectivity index (χ2v) is 6.59. The molecule has 0 spiro atoms. The summed E-state index contributed by atoms with van der Waals surface area (Å²) in [6.07, 6.45) is 0.216. The first-order valence-electron chi connectivity index (χ1n) is 7.80. The second kappa shape index (κ2) is 7.39. The molecule has 0 aromatic heterocycles. The number of phenols is 1. The molecule has 0 fully saturated rings. The summed E-state index contributed by atoms with van der Waals surface area (Å²) < 4.78 is 34.2. The van der Waals surface area contributed by atoms with Crippen LogP contribution in [-0.4, -0.2) is 12.2 Å². The Morgan fingerprint density at radius 1 is 1.17 bits per heavy atom. The van der Waals surface area contributed by atoms with Gasteiger partial charge in [0, 0.05) is 11.1 Å². The fraction of sp³-hybridized carbons (Fsp3) is 0.368. The molecular formula is C19H21ClF2O2. The number of hydrogen-bond acceptors (Lipinski definition) is 2. The SMILES string of the molecule is COc1cccc(F)c1C(C)Cc1cc(O)c(Cl)c(C(C)C)c1F. The Kier molecular flexibility index (Phi) is 5.70. The van der Waals surface area contributed by atoms with Gasteiger partial charge in [-0.1, -0.05) is 38.4 Å². The molecule has 0 heterocycles. The van der Waals surface area contributed by atoms with E-state index in [9.17, 15) is 13.9 Å². The van der Waals surface area contributed by atoms with E-state index in [-0.39, 0.29) is 34.6 Å². The van der Waals surface area contributed by atoms with E-state index in [2.05, 4.69) is 0 Å². The summed E-state index contributed by atoms with van der Waals surface area (Å²) in [5, 5.41) is 10.0. The van der Waals surface area contributed by atoms with Gasteiger partial charge in [-0.05, 0) is 42.0 Å². The zero-order valence-corrected chi connectivity index (χ0v) is 14.9. The Hall–Kier alpha value is -1.81. The van der Waals surface area contributed by atoms with Crippen LogP contribution in [0.2, 0.25) is 5.02 Å². The largest absolute Gasteiger partial charge is 0.506 e. The zero-order valence-electron chi connectivity index (χ0n) is 14.2. The second-order valence-electron chi connectivity index (χ2n) is 6.21. The van der Waals surface area contributed by atoms with Crippen LogP contribution in [0.5, 0.6) is 11.5 Å². The molecule has 130 valence electrons. The summed E-state index contributed by atoms with van der Waals surface area (Å²) in [5.41, 5.74) is 0.970. The van der Waals surface area contributed by atoms with Crippen LogP contribution in [0.4, 0.5) is 8.78 Å². The minimum Gasteiger partial charge on any atom is -0.506 e. The predicted octanol–water partition coefficient (Wildman–Crippen LogP) is 5.80. The van der Waals surface area contributed by atoms with Crippen LogP contribution >= 0.6 is 11.6 Å². The van der Waals surface area contributed by atoms with E-state index in [0.717, 1.165) is 0 Å². The van der Waals surface area contributed by atoms with E-state index in [1.807, 2.05) is 0 Å². The van der Waals surface area contributed by atoms with Gasteiger partial charge >= 0.3 is 0 Å². The molecule has 1 atom stereocenters. The summed E-state index contributed by atoms with van der Waals surface area (Å²) >= 11 is 6.02. The first-order chi connectivity index (χ1) is 11.3. The highest BCUT2D eigenvalue weighted by molar-refractivity contribution is 6.32. The molecular weight excluding hydrogens is 334 g/mol. The van der Waals surface area contributed by atoms with E-state index < -0.39 is 11.6 Å². The van der Waals surface area contributed by atoms with Crippen LogP contribution in [0, 0.1) is 11.6 Å². The lowest BCUT2D eigenvalue weighted by atomic mass is 9.90. The van der Waals surface area contributed by atoms with Crippen molar-refractivity contribution in [2.24, 2.45) is 0 Å². The minimum absolute atomic E-state index is 0.0300. The smallest absolute Gasteiger partial charge is 0.134 e. The number of methoxy groups -OCH3 is 1. The standard InChI is InChI=1S/C19H21ClF2O2/c1-10(2)16-18(20)14(23)9-12(19(16)22)8-11(3)17-13(21)6-5-7-15(17)24-4/h5-7,9-11,23H,8H2,1-4H3. The Balaban J connectivity index is 2.46. The molecule has 2 rings (SSSR count). The van der Waals surface area contributed by atoms with Gasteiger partial charge in [0.2, 0.25) is 0 Å². The van der Waals surface area contributed by atoms with E-state index in [1.165, 1.54) is 19.2 Å². The topological polar surface area (TPSA) is 29.5 Å². The molecule has 0 aliphatic heterocycles. The van der Waals surface area contributed by atoms with Gasteiger partial charge in [-0.15, -0.1) is 0 Å². The van der Waals surface area contributed by atoms with Crippen LogP contribution in [0.15, 0.2) is 24.3 Å². The highest BCUT2D eigenvalue weighted by atomic mass is 35.5. The molecule has 0 aliphatic carbocycles. The van der Waals surface area contributed by atoms with Crippen molar-refractivity contribution in [3.8, 4) is 11.5 Å². The van der Waals surface area contributed by atoms with Crippen LogP contribution < -0.4 is 4.74 Å². The molecule has 0 saturated heterocycles. The van der Waals surface area contributed by atoms with Crippen LogP contribution in [0.3, 0.4) is 0 Å². The highest BCUT2D eigenvalue weighted by Crippen LogP contribution is 2.39. The minimum atomic E-state index is -0.449. The van der Waals surface area contributed by atoms with Gasteiger partial charge in [-0.3, -0.25) is 0 Å². The van der Waals surface area contributed by atoms with Crippen molar-refractivity contribution >= 4 is 11.6 Å². The van der Waals surface area contributed by atoms with Crippen molar-refractivity contribution in [1.29, 1.82) is 0 Å². The molecule has 5 heteroatoms. The van der Waals surface area contributed by atoms with E-state index in [0.29, 0.717) is 16.9 Å². The number of ether oxygens (including phenoxy) is 1. The average Bonchev–Trinajstić information content (AvgIpc) is 2.51. The lowest BCUT2D eigenvalue weighted by Gasteiger charge is -2.19. The maximum absolute atomic E-state index is 14.8. The molecule has 0 saturated carbocycles. The predicted molar refractivity (Wildman–Crippen MR) is 92.2 cm³/mol. The Labute approximate surface area is 146 Å². The number of phenolic OH excluding ortho intramolecular Hbond substituents is 1. The zero-order chi connectivity index (χ0) is 18.0. The van der Waals surface area contributed by atoms with Crippen molar-refractivity contribution in [1.82, 2.24) is 0 Å². The molecule has 0 radical (unpaired) electrons. The fourth-order valence-corrected chi connectivity index (χ4v) is 3.32. The van der Waals surface area contributed by atoms with Gasteiger partial charge in [0.15, 0.2) is 0 Å². The third-order valence-corrected chi connectivity index (χ3v) is 4.52. The normalized spacial score (nSPS) is 12.5. The number of aromatic hydroxyl groups is 1. The summed E-state index contributed by atoms with van der Waals surface area (Å²) in [6.45, 7) is 5.40. The molecule has 2 aromatic rings. The average molecular weight is 355 g/mol. The number of hydrogen-bond donors (Lipinski definition) is 1.